The summed E-state index contributed by atoms with van der Waals surface area (Å²) in [4.78, 5) is 0. The largest absolute Gasteiger partial charge is 0.207 e. The van der Waals surface area contributed by atoms with Crippen LogP contribution in [-0.4, -0.2) is 0 Å². The van der Waals surface area contributed by atoms with Crippen molar-refractivity contribution in [2.75, 3.05) is 0 Å². The van der Waals surface area contributed by atoms with Crippen LogP contribution >= 0.6 is 0 Å². The molecule has 0 aromatic heterocycles. The van der Waals surface area contributed by atoms with Crippen LogP contribution in [0.1, 0.15) is 53.5 Å². The topological polar surface area (TPSA) is 0 Å². The standard InChI is InChI=1S/C22H24F2/c1-3-5-6-16-7-8-18-14-19(10-9-17(18)11-16)22-20(23)12-15(4-2)13-21(22)24/h3,7-8,11-13,19H,1,4-6,9-10,14H2,2H3. The van der Waals surface area contributed by atoms with Crippen LogP contribution in [0.25, 0.3) is 0 Å². The Morgan fingerprint density at radius 3 is 2.50 bits per heavy atom. The first-order chi connectivity index (χ1) is 11.6. The summed E-state index contributed by atoms with van der Waals surface area (Å²) in [5.41, 5.74) is 4.87. The molecule has 24 heavy (non-hydrogen) atoms. The quantitative estimate of drug-likeness (QED) is 0.598. The lowest BCUT2D eigenvalue weighted by Crippen LogP contribution is -2.16. The maximum absolute atomic E-state index is 14.4. The van der Waals surface area contributed by atoms with E-state index in [1.165, 1.54) is 28.8 Å². The smallest absolute Gasteiger partial charge is 0.129 e. The summed E-state index contributed by atoms with van der Waals surface area (Å²) in [6, 6.07) is 9.51. The zero-order chi connectivity index (χ0) is 17.1. The van der Waals surface area contributed by atoms with Crippen LogP contribution in [0, 0.1) is 11.6 Å². The van der Waals surface area contributed by atoms with Gasteiger partial charge in [-0.25, -0.2) is 8.78 Å². The highest BCUT2D eigenvalue weighted by Crippen LogP contribution is 2.36. The SMILES string of the molecule is C=CCCc1ccc2c(c1)CCC(c1c(F)cc(CC)cc1F)C2. The van der Waals surface area contributed by atoms with Gasteiger partial charge in [-0.1, -0.05) is 31.2 Å². The average molecular weight is 326 g/mol. The zero-order valence-electron chi connectivity index (χ0n) is 14.2. The fraction of sp³-hybridized carbons (Fsp3) is 0.364. The Hall–Kier alpha value is -1.96. The number of hydrogen-bond acceptors (Lipinski definition) is 0. The van der Waals surface area contributed by atoms with Gasteiger partial charge in [0.2, 0.25) is 0 Å². The van der Waals surface area contributed by atoms with E-state index in [0.717, 1.165) is 37.7 Å². The molecule has 1 aliphatic rings. The molecule has 0 radical (unpaired) electrons. The van der Waals surface area contributed by atoms with E-state index in [1.807, 2.05) is 13.0 Å². The van der Waals surface area contributed by atoms with E-state index >= 15 is 0 Å². The Morgan fingerprint density at radius 1 is 1.08 bits per heavy atom. The summed E-state index contributed by atoms with van der Waals surface area (Å²) in [6.45, 7) is 5.68. The Bertz CT molecular complexity index is 723. The molecule has 0 aliphatic heterocycles. The van der Waals surface area contributed by atoms with Crippen LogP contribution in [0.3, 0.4) is 0 Å². The summed E-state index contributed by atoms with van der Waals surface area (Å²) in [7, 11) is 0. The first-order valence-electron chi connectivity index (χ1n) is 8.81. The molecule has 2 heteroatoms. The van der Waals surface area contributed by atoms with Crippen LogP contribution in [0.5, 0.6) is 0 Å². The number of fused-ring (bicyclic) bond motifs is 1. The van der Waals surface area contributed by atoms with Crippen molar-refractivity contribution in [2.45, 2.75) is 51.4 Å². The van der Waals surface area contributed by atoms with E-state index in [-0.39, 0.29) is 23.1 Å². The van der Waals surface area contributed by atoms with Crippen molar-refractivity contribution in [3.8, 4) is 0 Å². The van der Waals surface area contributed by atoms with Crippen LogP contribution in [0.2, 0.25) is 0 Å². The Morgan fingerprint density at radius 2 is 1.83 bits per heavy atom. The van der Waals surface area contributed by atoms with Gasteiger partial charge in [-0.2, -0.15) is 0 Å². The number of benzene rings is 2. The third-order valence-corrected chi connectivity index (χ3v) is 5.09. The maximum Gasteiger partial charge on any atom is 0.129 e. The van der Waals surface area contributed by atoms with Gasteiger partial charge in [0.1, 0.15) is 11.6 Å². The second kappa shape index (κ2) is 7.29. The Balaban J connectivity index is 1.84. The van der Waals surface area contributed by atoms with Crippen molar-refractivity contribution >= 4 is 0 Å². The Kier molecular flexibility index (Phi) is 5.13. The molecule has 1 aliphatic carbocycles. The summed E-state index contributed by atoms with van der Waals surface area (Å²) in [5, 5.41) is 0. The highest BCUT2D eigenvalue weighted by atomic mass is 19.1. The molecule has 126 valence electrons. The molecule has 3 rings (SSSR count). The lowest BCUT2D eigenvalue weighted by molar-refractivity contribution is 0.490. The van der Waals surface area contributed by atoms with E-state index in [4.69, 9.17) is 0 Å². The van der Waals surface area contributed by atoms with Crippen LogP contribution in [0.15, 0.2) is 43.0 Å². The summed E-state index contributed by atoms with van der Waals surface area (Å²) in [5.74, 6) is -0.840. The van der Waals surface area contributed by atoms with Gasteiger partial charge in [0.15, 0.2) is 0 Å². The van der Waals surface area contributed by atoms with Crippen molar-refractivity contribution in [1.82, 2.24) is 0 Å². The normalized spacial score (nSPS) is 16.7. The molecule has 2 aromatic carbocycles. The molecule has 0 amide bonds. The highest BCUT2D eigenvalue weighted by Gasteiger charge is 2.25. The molecular formula is C22H24F2. The minimum atomic E-state index is -0.386. The van der Waals surface area contributed by atoms with E-state index in [9.17, 15) is 8.78 Å². The minimum Gasteiger partial charge on any atom is -0.207 e. The molecule has 0 N–H and O–H groups in total. The highest BCUT2D eigenvalue weighted by molar-refractivity contribution is 5.38. The third kappa shape index (κ3) is 3.43. The van der Waals surface area contributed by atoms with Gasteiger partial charge in [-0.05, 0) is 78.8 Å². The van der Waals surface area contributed by atoms with E-state index < -0.39 is 0 Å². The minimum absolute atomic E-state index is 0.0672. The molecule has 2 aromatic rings. The van der Waals surface area contributed by atoms with Gasteiger partial charge < -0.3 is 0 Å². The van der Waals surface area contributed by atoms with E-state index in [1.54, 1.807) is 0 Å². The Labute approximate surface area is 143 Å². The molecule has 0 spiro atoms. The second-order valence-electron chi connectivity index (χ2n) is 6.70. The molecule has 0 saturated heterocycles. The van der Waals surface area contributed by atoms with Crippen molar-refractivity contribution in [3.63, 3.8) is 0 Å². The number of allylic oxidation sites excluding steroid dienone is 1. The van der Waals surface area contributed by atoms with Crippen molar-refractivity contribution in [1.29, 1.82) is 0 Å². The number of rotatable bonds is 5. The van der Waals surface area contributed by atoms with Crippen molar-refractivity contribution in [2.24, 2.45) is 0 Å². The van der Waals surface area contributed by atoms with Gasteiger partial charge in [0.25, 0.3) is 0 Å². The summed E-state index contributed by atoms with van der Waals surface area (Å²) >= 11 is 0. The maximum atomic E-state index is 14.4. The lowest BCUT2D eigenvalue weighted by Gasteiger charge is -2.26. The molecule has 0 nitrogen and oxygen atoms in total. The van der Waals surface area contributed by atoms with E-state index in [0.29, 0.717) is 6.42 Å². The van der Waals surface area contributed by atoms with Crippen LogP contribution in [0.4, 0.5) is 8.78 Å². The molecule has 0 saturated carbocycles. The fourth-order valence-electron chi connectivity index (χ4n) is 3.71. The predicted molar refractivity (Wildman–Crippen MR) is 95.5 cm³/mol. The first kappa shape index (κ1) is 16.9. The lowest BCUT2D eigenvalue weighted by atomic mass is 9.79. The van der Waals surface area contributed by atoms with Crippen molar-refractivity contribution < 1.29 is 8.78 Å². The first-order valence-corrected chi connectivity index (χ1v) is 8.81. The molecule has 0 heterocycles. The van der Waals surface area contributed by atoms with Gasteiger partial charge in [0.05, 0.1) is 0 Å². The number of hydrogen-bond donors (Lipinski definition) is 0. The van der Waals surface area contributed by atoms with Gasteiger partial charge in [0, 0.05) is 5.56 Å². The van der Waals surface area contributed by atoms with Crippen LogP contribution < -0.4 is 0 Å². The fourth-order valence-corrected chi connectivity index (χ4v) is 3.71. The van der Waals surface area contributed by atoms with Gasteiger partial charge in [-0.3, -0.25) is 0 Å². The van der Waals surface area contributed by atoms with Gasteiger partial charge in [-0.15, -0.1) is 6.58 Å². The monoisotopic (exact) mass is 326 g/mol. The van der Waals surface area contributed by atoms with Gasteiger partial charge >= 0.3 is 0 Å². The third-order valence-electron chi connectivity index (χ3n) is 5.09. The van der Waals surface area contributed by atoms with Crippen LogP contribution in [-0.2, 0) is 25.7 Å². The second-order valence-corrected chi connectivity index (χ2v) is 6.70. The molecule has 0 bridgehead atoms. The average Bonchev–Trinajstić information content (AvgIpc) is 2.59. The van der Waals surface area contributed by atoms with Crippen molar-refractivity contribution in [3.05, 3.63) is 82.4 Å². The molecular weight excluding hydrogens is 302 g/mol. The van der Waals surface area contributed by atoms with E-state index in [2.05, 4.69) is 24.8 Å². The molecule has 1 unspecified atom stereocenters. The zero-order valence-corrected chi connectivity index (χ0v) is 14.2. The molecule has 1 atom stereocenters. The number of halogens is 2. The molecule has 0 fully saturated rings. The summed E-state index contributed by atoms with van der Waals surface area (Å²) < 4.78 is 28.8. The summed E-state index contributed by atoms with van der Waals surface area (Å²) in [6.07, 6.45) is 6.96. The number of aryl methyl sites for hydroxylation is 3. The predicted octanol–water partition coefficient (Wildman–Crippen LogP) is 5.92.